The predicted molar refractivity (Wildman–Crippen MR) is 44.2 cm³/mol. The third-order valence-corrected chi connectivity index (χ3v) is 2.34. The molecule has 1 aliphatic rings. The number of nitrogens with two attached hydrogens (primary N) is 1. The van der Waals surface area contributed by atoms with Crippen LogP contribution in [0.25, 0.3) is 0 Å². The zero-order valence-electron chi connectivity index (χ0n) is 7.15. The maximum absolute atomic E-state index is 12.8. The molecule has 1 fully saturated rings. The van der Waals surface area contributed by atoms with Crippen molar-refractivity contribution in [2.75, 3.05) is 19.6 Å². The monoisotopic (exact) mass is 178 g/mol. The van der Waals surface area contributed by atoms with E-state index in [9.17, 15) is 8.78 Å². The molecule has 3 N–H and O–H groups in total. The summed E-state index contributed by atoms with van der Waals surface area (Å²) in [5.74, 6) is -2.49. The van der Waals surface area contributed by atoms with Gasteiger partial charge in [-0.15, -0.1) is 0 Å². The van der Waals surface area contributed by atoms with Gasteiger partial charge in [0.2, 0.25) is 0 Å². The van der Waals surface area contributed by atoms with Crippen LogP contribution in [-0.2, 0) is 0 Å². The molecule has 4 heteroatoms. The van der Waals surface area contributed by atoms with E-state index in [2.05, 4.69) is 5.32 Å². The van der Waals surface area contributed by atoms with Gasteiger partial charge in [0.1, 0.15) is 0 Å². The number of hydrogen-bond acceptors (Lipinski definition) is 2. The highest BCUT2D eigenvalue weighted by Gasteiger charge is 2.31. The van der Waals surface area contributed by atoms with Crippen molar-refractivity contribution >= 4 is 0 Å². The van der Waals surface area contributed by atoms with E-state index in [1.165, 1.54) is 0 Å². The molecule has 1 heterocycles. The molecule has 2 nitrogen and oxygen atoms in total. The van der Waals surface area contributed by atoms with Crippen LogP contribution in [0.3, 0.4) is 0 Å². The van der Waals surface area contributed by atoms with Crippen molar-refractivity contribution in [1.82, 2.24) is 5.32 Å². The third-order valence-electron chi connectivity index (χ3n) is 2.34. The van der Waals surface area contributed by atoms with Crippen molar-refractivity contribution < 1.29 is 8.78 Å². The van der Waals surface area contributed by atoms with Crippen LogP contribution in [0, 0.1) is 5.92 Å². The van der Waals surface area contributed by atoms with E-state index in [0.717, 1.165) is 25.9 Å². The minimum absolute atomic E-state index is 0.0365. The highest BCUT2D eigenvalue weighted by atomic mass is 19.3. The van der Waals surface area contributed by atoms with Gasteiger partial charge in [0.15, 0.2) is 0 Å². The number of hydrogen-bond donors (Lipinski definition) is 2. The lowest BCUT2D eigenvalue weighted by molar-refractivity contribution is -0.0173. The largest absolute Gasteiger partial charge is 0.325 e. The zero-order valence-corrected chi connectivity index (χ0v) is 7.15. The Kier molecular flexibility index (Phi) is 3.40. The second-order valence-electron chi connectivity index (χ2n) is 3.46. The number of rotatable bonds is 3. The van der Waals surface area contributed by atoms with Gasteiger partial charge < -0.3 is 11.1 Å². The number of halogens is 2. The van der Waals surface area contributed by atoms with Crippen molar-refractivity contribution in [3.63, 3.8) is 0 Å². The molecule has 72 valence electrons. The van der Waals surface area contributed by atoms with Gasteiger partial charge in [0.05, 0.1) is 6.54 Å². The molecule has 0 radical (unpaired) electrons. The molecule has 0 amide bonds. The smallest absolute Gasteiger partial charge is 0.260 e. The fourth-order valence-corrected chi connectivity index (χ4v) is 1.59. The number of piperidine rings is 1. The molecule has 0 unspecified atom stereocenters. The van der Waals surface area contributed by atoms with Crippen LogP contribution < -0.4 is 11.1 Å². The molecule has 0 aliphatic carbocycles. The molecule has 0 bridgehead atoms. The molecular formula is C8H16F2N2. The van der Waals surface area contributed by atoms with Gasteiger partial charge in [-0.1, -0.05) is 0 Å². The summed E-state index contributed by atoms with van der Waals surface area (Å²) in [5, 5.41) is 3.14. The van der Waals surface area contributed by atoms with Crippen molar-refractivity contribution in [2.45, 2.75) is 25.2 Å². The Morgan fingerprint density at radius 1 is 1.33 bits per heavy atom. The predicted octanol–water partition coefficient (Wildman–Crippen LogP) is 0.970. The Hall–Kier alpha value is -0.220. The van der Waals surface area contributed by atoms with E-state index < -0.39 is 12.5 Å². The first-order valence-electron chi connectivity index (χ1n) is 4.43. The Morgan fingerprint density at radius 2 is 1.92 bits per heavy atom. The molecule has 0 atom stereocenters. The summed E-state index contributed by atoms with van der Waals surface area (Å²) in [6.07, 6.45) is 1.68. The average molecular weight is 178 g/mol. The Balaban J connectivity index is 2.28. The van der Waals surface area contributed by atoms with Crippen LogP contribution >= 0.6 is 0 Å². The van der Waals surface area contributed by atoms with E-state index in [1.54, 1.807) is 0 Å². The van der Waals surface area contributed by atoms with Crippen molar-refractivity contribution in [3.8, 4) is 0 Å². The Labute approximate surface area is 71.5 Å². The molecule has 0 saturated carbocycles. The Morgan fingerprint density at radius 3 is 2.42 bits per heavy atom. The molecule has 1 rings (SSSR count). The second kappa shape index (κ2) is 4.14. The second-order valence-corrected chi connectivity index (χ2v) is 3.46. The maximum Gasteiger partial charge on any atom is 0.260 e. The van der Waals surface area contributed by atoms with Gasteiger partial charge in [-0.05, 0) is 31.8 Å². The summed E-state index contributed by atoms with van der Waals surface area (Å²) in [5.41, 5.74) is 4.96. The van der Waals surface area contributed by atoms with Crippen molar-refractivity contribution in [1.29, 1.82) is 0 Å². The Bertz CT molecular complexity index is 133. The van der Waals surface area contributed by atoms with Crippen LogP contribution in [0.1, 0.15) is 19.3 Å². The van der Waals surface area contributed by atoms with Crippen LogP contribution in [0.15, 0.2) is 0 Å². The van der Waals surface area contributed by atoms with Crippen LogP contribution in [-0.4, -0.2) is 25.6 Å². The van der Waals surface area contributed by atoms with Crippen LogP contribution in [0.4, 0.5) is 8.78 Å². The fourth-order valence-electron chi connectivity index (χ4n) is 1.59. The highest BCUT2D eigenvalue weighted by Crippen LogP contribution is 2.27. The minimum atomic E-state index is -2.65. The quantitative estimate of drug-likeness (QED) is 0.675. The van der Waals surface area contributed by atoms with Gasteiger partial charge in [-0.25, -0.2) is 8.78 Å². The normalized spacial score (nSPS) is 21.2. The lowest BCUT2D eigenvalue weighted by atomic mass is 9.92. The fraction of sp³-hybridized carbons (Fsp3) is 1.00. The standard InChI is InChI=1S/C8H16F2N2/c9-8(10,6-11)5-7-1-3-12-4-2-7/h7,12H,1-6,11H2. The first-order chi connectivity index (χ1) is 5.64. The van der Waals surface area contributed by atoms with E-state index in [4.69, 9.17) is 5.73 Å². The lowest BCUT2D eigenvalue weighted by Crippen LogP contribution is -2.35. The molecule has 0 spiro atoms. The van der Waals surface area contributed by atoms with Gasteiger partial charge in [-0.3, -0.25) is 0 Å². The summed E-state index contributed by atoms with van der Waals surface area (Å²) in [4.78, 5) is 0. The first-order valence-corrected chi connectivity index (χ1v) is 4.43. The first kappa shape index (κ1) is 9.86. The van der Waals surface area contributed by atoms with Gasteiger partial charge in [0, 0.05) is 6.42 Å². The van der Waals surface area contributed by atoms with Crippen molar-refractivity contribution in [3.05, 3.63) is 0 Å². The third kappa shape index (κ3) is 3.03. The minimum Gasteiger partial charge on any atom is -0.325 e. The summed E-state index contributed by atoms with van der Waals surface area (Å²) >= 11 is 0. The zero-order chi connectivity index (χ0) is 9.03. The van der Waals surface area contributed by atoms with Crippen LogP contribution in [0.2, 0.25) is 0 Å². The molecule has 12 heavy (non-hydrogen) atoms. The molecule has 0 aromatic carbocycles. The van der Waals surface area contributed by atoms with Gasteiger partial charge in [-0.2, -0.15) is 0 Å². The number of nitrogens with one attached hydrogen (secondary N) is 1. The highest BCUT2D eigenvalue weighted by molar-refractivity contribution is 4.76. The molecular weight excluding hydrogens is 162 g/mol. The molecule has 0 aromatic heterocycles. The molecule has 1 saturated heterocycles. The summed E-state index contributed by atoms with van der Waals surface area (Å²) in [6.45, 7) is 1.22. The van der Waals surface area contributed by atoms with Gasteiger partial charge >= 0.3 is 0 Å². The molecule has 0 aromatic rings. The van der Waals surface area contributed by atoms with Crippen molar-refractivity contribution in [2.24, 2.45) is 11.7 Å². The summed E-state index contributed by atoms with van der Waals surface area (Å²) in [6, 6.07) is 0. The van der Waals surface area contributed by atoms with E-state index >= 15 is 0 Å². The van der Waals surface area contributed by atoms with E-state index in [0.29, 0.717) is 0 Å². The van der Waals surface area contributed by atoms with Gasteiger partial charge in [0.25, 0.3) is 5.92 Å². The van der Waals surface area contributed by atoms with E-state index in [1.807, 2.05) is 0 Å². The van der Waals surface area contributed by atoms with Crippen LogP contribution in [0.5, 0.6) is 0 Å². The number of alkyl halides is 2. The maximum atomic E-state index is 12.8. The SMILES string of the molecule is NCC(F)(F)CC1CCNCC1. The molecule has 1 aliphatic heterocycles. The average Bonchev–Trinajstić information content (AvgIpc) is 2.06. The lowest BCUT2D eigenvalue weighted by Gasteiger charge is -2.26. The summed E-state index contributed by atoms with van der Waals surface area (Å²) < 4.78 is 25.6. The summed E-state index contributed by atoms with van der Waals surface area (Å²) in [7, 11) is 0. The van der Waals surface area contributed by atoms with E-state index in [-0.39, 0.29) is 12.3 Å². The topological polar surface area (TPSA) is 38.0 Å².